The predicted octanol–water partition coefficient (Wildman–Crippen LogP) is 4.69. The Balaban J connectivity index is 1.21. The first-order valence-corrected chi connectivity index (χ1v) is 14.9. The van der Waals surface area contributed by atoms with E-state index >= 15 is 0 Å². The lowest BCUT2D eigenvalue weighted by Gasteiger charge is -2.51. The zero-order valence-electron chi connectivity index (χ0n) is 24.0. The summed E-state index contributed by atoms with van der Waals surface area (Å²) in [5, 5.41) is 3.25. The molecule has 2 saturated heterocycles. The fraction of sp³-hybridized carbons (Fsp3) is 0.469. The smallest absolute Gasteiger partial charge is 0.320 e. The maximum atomic E-state index is 14.9. The number of piperazine rings is 1. The first-order chi connectivity index (χ1) is 20.4. The normalized spacial score (nSPS) is 22.5. The number of piperidine rings is 1. The van der Waals surface area contributed by atoms with Crippen LogP contribution < -0.4 is 10.9 Å². The summed E-state index contributed by atoms with van der Waals surface area (Å²) in [5.74, 6) is -0.461. The Bertz CT molecular complexity index is 1480. The second-order valence-electron chi connectivity index (χ2n) is 11.9. The molecule has 3 aliphatic rings. The Morgan fingerprint density at radius 2 is 1.88 bits per heavy atom. The molecule has 2 aromatic carbocycles. The lowest BCUT2D eigenvalue weighted by atomic mass is 9.90. The molecular formula is C32H38F2N6O2. The van der Waals surface area contributed by atoms with Crippen LogP contribution in [0.3, 0.4) is 0 Å². The number of aromatic amines is 1. The maximum Gasteiger partial charge on any atom is 0.320 e. The van der Waals surface area contributed by atoms with Gasteiger partial charge in [-0.05, 0) is 50.9 Å². The van der Waals surface area contributed by atoms with Gasteiger partial charge in [-0.1, -0.05) is 43.2 Å². The molecule has 2 N–H and O–H groups in total. The average molecular weight is 577 g/mol. The molecule has 6 rings (SSSR count). The molecule has 2 atom stereocenters. The summed E-state index contributed by atoms with van der Waals surface area (Å²) in [4.78, 5) is 40.7. The van der Waals surface area contributed by atoms with E-state index in [1.165, 1.54) is 6.07 Å². The molecule has 1 spiro atoms. The van der Waals surface area contributed by atoms with Crippen molar-refractivity contribution in [3.05, 3.63) is 87.8 Å². The molecule has 42 heavy (non-hydrogen) atoms. The molecular weight excluding hydrogens is 538 g/mol. The highest BCUT2D eigenvalue weighted by atomic mass is 19.1. The van der Waals surface area contributed by atoms with Gasteiger partial charge in [-0.2, -0.15) is 0 Å². The van der Waals surface area contributed by atoms with Gasteiger partial charge in [0.15, 0.2) is 0 Å². The minimum absolute atomic E-state index is 0.111. The van der Waals surface area contributed by atoms with Crippen molar-refractivity contribution >= 4 is 6.03 Å². The number of hydrogen-bond acceptors (Lipinski definition) is 5. The van der Waals surface area contributed by atoms with Crippen LogP contribution in [0.2, 0.25) is 0 Å². The lowest BCUT2D eigenvalue weighted by Crippen LogP contribution is -2.64. The molecule has 10 heteroatoms. The standard InChI is InChI=1S/C32H38F2N6O2/c1-35-25-11-14-40(28(18-25)26-17-24(33)9-10-27(26)34)31(42)38-15-16-39(32(21-38)12-5-6-13-32)20-23-19-36-29(37-30(23)41)22-7-3-2-4-8-22/h2-4,7-10,17,19,25,28,35H,5-6,11-16,18,20-21H2,1H3,(H,36,37,41)/t25-,28+/m1/s1. The monoisotopic (exact) mass is 576 g/mol. The van der Waals surface area contributed by atoms with Gasteiger partial charge in [0.2, 0.25) is 0 Å². The van der Waals surface area contributed by atoms with Crippen LogP contribution in [0.1, 0.15) is 55.7 Å². The van der Waals surface area contributed by atoms with Gasteiger partial charge in [-0.15, -0.1) is 0 Å². The number of nitrogens with one attached hydrogen (secondary N) is 2. The van der Waals surface area contributed by atoms with Crippen molar-refractivity contribution in [2.24, 2.45) is 0 Å². The van der Waals surface area contributed by atoms with Gasteiger partial charge in [0.1, 0.15) is 17.5 Å². The van der Waals surface area contributed by atoms with Crippen LogP contribution in [-0.4, -0.2) is 75.5 Å². The van der Waals surface area contributed by atoms with E-state index in [9.17, 15) is 18.4 Å². The van der Waals surface area contributed by atoms with Gasteiger partial charge in [0, 0.05) is 67.2 Å². The second-order valence-corrected chi connectivity index (χ2v) is 11.9. The molecule has 3 fully saturated rings. The molecule has 0 radical (unpaired) electrons. The summed E-state index contributed by atoms with van der Waals surface area (Å²) in [6, 6.07) is 12.5. The van der Waals surface area contributed by atoms with Crippen LogP contribution in [0.4, 0.5) is 13.6 Å². The summed E-state index contributed by atoms with van der Waals surface area (Å²) in [6.07, 6.45) is 6.93. The van der Waals surface area contributed by atoms with Crippen LogP contribution >= 0.6 is 0 Å². The summed E-state index contributed by atoms with van der Waals surface area (Å²) in [7, 11) is 1.86. The van der Waals surface area contributed by atoms with Crippen LogP contribution in [0.5, 0.6) is 0 Å². The number of amides is 2. The third-order valence-corrected chi connectivity index (χ3v) is 9.46. The van der Waals surface area contributed by atoms with Gasteiger partial charge >= 0.3 is 6.03 Å². The summed E-state index contributed by atoms with van der Waals surface area (Å²) in [5.41, 5.74) is 1.31. The van der Waals surface area contributed by atoms with Crippen molar-refractivity contribution in [2.45, 2.75) is 62.7 Å². The van der Waals surface area contributed by atoms with E-state index in [1.54, 1.807) is 11.1 Å². The number of H-pyrrole nitrogens is 1. The van der Waals surface area contributed by atoms with Crippen molar-refractivity contribution in [3.8, 4) is 11.4 Å². The van der Waals surface area contributed by atoms with Gasteiger partial charge < -0.3 is 20.1 Å². The van der Waals surface area contributed by atoms with Gasteiger partial charge in [-0.3, -0.25) is 9.69 Å². The molecule has 1 aliphatic carbocycles. The van der Waals surface area contributed by atoms with E-state index in [-0.39, 0.29) is 28.7 Å². The van der Waals surface area contributed by atoms with Crippen molar-refractivity contribution in [1.29, 1.82) is 0 Å². The van der Waals surface area contributed by atoms with E-state index in [0.717, 1.165) is 49.8 Å². The maximum absolute atomic E-state index is 14.9. The third-order valence-electron chi connectivity index (χ3n) is 9.46. The highest BCUT2D eigenvalue weighted by Crippen LogP contribution is 2.40. The van der Waals surface area contributed by atoms with Crippen LogP contribution in [0.25, 0.3) is 11.4 Å². The number of aromatic nitrogens is 2. The van der Waals surface area contributed by atoms with Crippen molar-refractivity contribution in [3.63, 3.8) is 0 Å². The number of hydrogen-bond donors (Lipinski definition) is 2. The molecule has 2 amide bonds. The van der Waals surface area contributed by atoms with Gasteiger partial charge in [-0.25, -0.2) is 18.6 Å². The van der Waals surface area contributed by atoms with Crippen LogP contribution in [0, 0.1) is 11.6 Å². The Kier molecular flexibility index (Phi) is 8.09. The van der Waals surface area contributed by atoms with Gasteiger partial charge in [0.25, 0.3) is 5.56 Å². The van der Waals surface area contributed by atoms with E-state index in [1.807, 2.05) is 42.3 Å². The number of carbonyl (C=O) groups is 1. The number of nitrogens with zero attached hydrogens (tertiary/aromatic N) is 4. The molecule has 222 valence electrons. The number of carbonyl (C=O) groups excluding carboxylic acids is 1. The van der Waals surface area contributed by atoms with Crippen molar-refractivity contribution in [1.82, 2.24) is 30.0 Å². The van der Waals surface area contributed by atoms with E-state index in [2.05, 4.69) is 20.2 Å². The second kappa shape index (κ2) is 11.9. The Morgan fingerprint density at radius 1 is 1.10 bits per heavy atom. The van der Waals surface area contributed by atoms with E-state index < -0.39 is 17.7 Å². The molecule has 1 aromatic heterocycles. The minimum Gasteiger partial charge on any atom is -0.321 e. The summed E-state index contributed by atoms with van der Waals surface area (Å²) >= 11 is 0. The highest BCUT2D eigenvalue weighted by molar-refractivity contribution is 5.75. The highest BCUT2D eigenvalue weighted by Gasteiger charge is 2.46. The molecule has 2 aliphatic heterocycles. The zero-order valence-corrected chi connectivity index (χ0v) is 24.0. The summed E-state index contributed by atoms with van der Waals surface area (Å²) < 4.78 is 29.1. The fourth-order valence-corrected chi connectivity index (χ4v) is 7.12. The van der Waals surface area contributed by atoms with Crippen LogP contribution in [0.15, 0.2) is 59.5 Å². The molecule has 3 heterocycles. The number of likely N-dealkylation sites (tertiary alicyclic amines) is 1. The quantitative estimate of drug-likeness (QED) is 0.461. The minimum atomic E-state index is -0.551. The third kappa shape index (κ3) is 5.57. The Morgan fingerprint density at radius 3 is 2.62 bits per heavy atom. The Labute approximate surface area is 244 Å². The SMILES string of the molecule is CN[C@@H]1CCN(C(=O)N2CCN(Cc3cnc(-c4ccccc4)[nH]c3=O)C3(CCCC3)C2)[C@H](c2cc(F)ccc2F)C1. The average Bonchev–Trinajstić information content (AvgIpc) is 3.48. The first-order valence-electron chi connectivity index (χ1n) is 14.9. The number of rotatable bonds is 5. The molecule has 3 aromatic rings. The predicted molar refractivity (Wildman–Crippen MR) is 157 cm³/mol. The lowest BCUT2D eigenvalue weighted by molar-refractivity contribution is -0.00245. The number of urea groups is 1. The van der Waals surface area contributed by atoms with E-state index in [0.29, 0.717) is 50.5 Å². The molecule has 1 saturated carbocycles. The topological polar surface area (TPSA) is 84.6 Å². The molecule has 0 bridgehead atoms. The largest absolute Gasteiger partial charge is 0.321 e. The fourth-order valence-electron chi connectivity index (χ4n) is 7.12. The van der Waals surface area contributed by atoms with Crippen molar-refractivity contribution in [2.75, 3.05) is 33.2 Å². The van der Waals surface area contributed by atoms with E-state index in [4.69, 9.17) is 0 Å². The molecule has 8 nitrogen and oxygen atoms in total. The zero-order chi connectivity index (χ0) is 29.3. The number of halogens is 2. The first kappa shape index (κ1) is 28.5. The molecule has 0 unspecified atom stereocenters. The Hall–Kier alpha value is -3.63. The van der Waals surface area contributed by atoms with Crippen LogP contribution in [-0.2, 0) is 6.54 Å². The number of benzene rings is 2. The van der Waals surface area contributed by atoms with Crippen molar-refractivity contribution < 1.29 is 13.6 Å². The summed E-state index contributed by atoms with van der Waals surface area (Å²) in [6.45, 7) is 2.59. The van der Waals surface area contributed by atoms with Gasteiger partial charge in [0.05, 0.1) is 6.04 Å².